The van der Waals surface area contributed by atoms with Crippen LogP contribution in [0.1, 0.15) is 30.5 Å². The lowest BCUT2D eigenvalue weighted by molar-refractivity contribution is -0.132. The van der Waals surface area contributed by atoms with Crippen molar-refractivity contribution in [3.05, 3.63) is 58.3 Å². The van der Waals surface area contributed by atoms with Crippen molar-refractivity contribution in [1.29, 1.82) is 0 Å². The first kappa shape index (κ1) is 15.3. The molecule has 1 aromatic carbocycles. The summed E-state index contributed by atoms with van der Waals surface area (Å²) in [7, 11) is 2.03. The zero-order chi connectivity index (χ0) is 15.5. The fourth-order valence-electron chi connectivity index (χ4n) is 2.73. The Hall–Kier alpha value is -1.55. The first-order valence-corrected chi connectivity index (χ1v) is 8.57. The zero-order valence-electron chi connectivity index (χ0n) is 12.8. The van der Waals surface area contributed by atoms with E-state index in [9.17, 15) is 4.79 Å². The van der Waals surface area contributed by atoms with Crippen molar-refractivity contribution in [3.63, 3.8) is 0 Å². The second-order valence-electron chi connectivity index (χ2n) is 5.95. The van der Waals surface area contributed by atoms with Crippen molar-refractivity contribution < 1.29 is 4.79 Å². The number of aryl methyl sites for hydroxylation is 2. The lowest BCUT2D eigenvalue weighted by Gasteiger charge is -2.23. The molecule has 1 fully saturated rings. The maximum atomic E-state index is 12.6. The molecule has 1 heterocycles. The Morgan fingerprint density at radius 1 is 1.27 bits per heavy atom. The SMILES string of the molecule is Cn1cccc1CN(C(=O)CCc1ccccc1Br)C1CC1. The first-order chi connectivity index (χ1) is 10.6. The van der Waals surface area contributed by atoms with Crippen LogP contribution in [0, 0.1) is 0 Å². The molecule has 116 valence electrons. The fraction of sp³-hybridized carbons (Fsp3) is 0.389. The molecule has 0 unspecified atom stereocenters. The molecule has 2 aromatic rings. The highest BCUT2D eigenvalue weighted by Gasteiger charge is 2.32. The summed E-state index contributed by atoms with van der Waals surface area (Å²) in [5, 5.41) is 0. The van der Waals surface area contributed by atoms with Crippen molar-refractivity contribution in [2.24, 2.45) is 7.05 Å². The number of hydrogen-bond acceptors (Lipinski definition) is 1. The molecule has 1 aromatic heterocycles. The number of carbonyl (C=O) groups excluding carboxylic acids is 1. The Labute approximate surface area is 140 Å². The molecule has 0 radical (unpaired) electrons. The molecule has 0 atom stereocenters. The van der Waals surface area contributed by atoms with Gasteiger partial charge >= 0.3 is 0 Å². The molecule has 4 heteroatoms. The molecule has 1 aliphatic carbocycles. The van der Waals surface area contributed by atoms with Crippen LogP contribution in [0.2, 0.25) is 0 Å². The largest absolute Gasteiger partial charge is 0.353 e. The van der Waals surface area contributed by atoms with Gasteiger partial charge in [0.2, 0.25) is 5.91 Å². The number of halogens is 1. The highest BCUT2D eigenvalue weighted by Crippen LogP contribution is 2.29. The van der Waals surface area contributed by atoms with Gasteiger partial charge in [-0.25, -0.2) is 0 Å². The maximum Gasteiger partial charge on any atom is 0.223 e. The molecule has 3 nitrogen and oxygen atoms in total. The van der Waals surface area contributed by atoms with Gasteiger partial charge in [-0.15, -0.1) is 0 Å². The van der Waals surface area contributed by atoms with Gasteiger partial charge in [0.25, 0.3) is 0 Å². The first-order valence-electron chi connectivity index (χ1n) is 7.78. The van der Waals surface area contributed by atoms with Crippen LogP contribution in [0.5, 0.6) is 0 Å². The van der Waals surface area contributed by atoms with Crippen LogP contribution >= 0.6 is 15.9 Å². The summed E-state index contributed by atoms with van der Waals surface area (Å²) in [6, 6.07) is 12.7. The Morgan fingerprint density at radius 2 is 2.05 bits per heavy atom. The normalized spacial score (nSPS) is 14.1. The van der Waals surface area contributed by atoms with Crippen molar-refractivity contribution in [2.75, 3.05) is 0 Å². The highest BCUT2D eigenvalue weighted by molar-refractivity contribution is 9.10. The third-order valence-corrected chi connectivity index (χ3v) is 5.03. The van der Waals surface area contributed by atoms with Gasteiger partial charge in [-0.2, -0.15) is 0 Å². The van der Waals surface area contributed by atoms with Crippen LogP contribution in [0.4, 0.5) is 0 Å². The molecule has 0 N–H and O–H groups in total. The lowest BCUT2D eigenvalue weighted by Crippen LogP contribution is -2.33. The summed E-state index contributed by atoms with van der Waals surface area (Å²) >= 11 is 3.55. The van der Waals surface area contributed by atoms with E-state index in [-0.39, 0.29) is 5.91 Å². The van der Waals surface area contributed by atoms with Gasteiger partial charge in [0.1, 0.15) is 0 Å². The number of rotatable bonds is 6. The van der Waals surface area contributed by atoms with Crippen LogP contribution in [0.25, 0.3) is 0 Å². The van der Waals surface area contributed by atoms with Crippen LogP contribution in [0.15, 0.2) is 47.1 Å². The van der Waals surface area contributed by atoms with Gasteiger partial charge < -0.3 is 9.47 Å². The van der Waals surface area contributed by atoms with Crippen molar-refractivity contribution in [1.82, 2.24) is 9.47 Å². The summed E-state index contributed by atoms with van der Waals surface area (Å²) in [4.78, 5) is 14.7. The lowest BCUT2D eigenvalue weighted by atomic mass is 10.1. The molecule has 1 saturated carbocycles. The minimum Gasteiger partial charge on any atom is -0.353 e. The van der Waals surface area contributed by atoms with Gasteiger partial charge in [0.05, 0.1) is 6.54 Å². The summed E-state index contributed by atoms with van der Waals surface area (Å²) in [6.07, 6.45) is 5.68. The molecule has 0 bridgehead atoms. The fourth-order valence-corrected chi connectivity index (χ4v) is 3.21. The summed E-state index contributed by atoms with van der Waals surface area (Å²) in [5.74, 6) is 0.263. The average molecular weight is 361 g/mol. The van der Waals surface area contributed by atoms with Gasteiger partial charge in [0.15, 0.2) is 0 Å². The molecule has 1 aliphatic rings. The van der Waals surface area contributed by atoms with E-state index in [2.05, 4.69) is 37.5 Å². The standard InChI is InChI=1S/C18H21BrN2O/c1-20-12-4-6-16(20)13-21(15-9-10-15)18(22)11-8-14-5-2-3-7-17(14)19/h2-7,12,15H,8-11,13H2,1H3. The zero-order valence-corrected chi connectivity index (χ0v) is 14.4. The van der Waals surface area contributed by atoms with Gasteiger partial charge in [0, 0.05) is 35.9 Å². The Balaban J connectivity index is 1.63. The van der Waals surface area contributed by atoms with Crippen LogP contribution in [-0.2, 0) is 24.8 Å². The van der Waals surface area contributed by atoms with E-state index >= 15 is 0 Å². The number of hydrogen-bond donors (Lipinski definition) is 0. The van der Waals surface area contributed by atoms with E-state index in [1.54, 1.807) is 0 Å². The number of benzene rings is 1. The van der Waals surface area contributed by atoms with E-state index in [4.69, 9.17) is 0 Å². The number of nitrogens with zero attached hydrogens (tertiary/aromatic N) is 2. The van der Waals surface area contributed by atoms with Crippen LogP contribution in [-0.4, -0.2) is 21.4 Å². The number of amides is 1. The Bertz CT molecular complexity index is 661. The average Bonchev–Trinajstić information content (AvgIpc) is 3.27. The summed E-state index contributed by atoms with van der Waals surface area (Å²) in [6.45, 7) is 0.725. The third kappa shape index (κ3) is 3.61. The van der Waals surface area contributed by atoms with E-state index < -0.39 is 0 Å². The smallest absolute Gasteiger partial charge is 0.223 e. The molecule has 0 saturated heterocycles. The van der Waals surface area contributed by atoms with Gasteiger partial charge in [-0.05, 0) is 43.0 Å². The van der Waals surface area contributed by atoms with Crippen LogP contribution in [0.3, 0.4) is 0 Å². The second-order valence-corrected chi connectivity index (χ2v) is 6.81. The molecule has 22 heavy (non-hydrogen) atoms. The summed E-state index contributed by atoms with van der Waals surface area (Å²) in [5.41, 5.74) is 2.40. The predicted molar refractivity (Wildman–Crippen MR) is 91.4 cm³/mol. The van der Waals surface area contributed by atoms with Crippen LogP contribution < -0.4 is 0 Å². The topological polar surface area (TPSA) is 25.2 Å². The molecule has 1 amide bonds. The number of carbonyl (C=O) groups is 1. The second kappa shape index (κ2) is 6.69. The maximum absolute atomic E-state index is 12.6. The molecule has 0 aliphatic heterocycles. The van der Waals surface area contributed by atoms with Crippen molar-refractivity contribution >= 4 is 21.8 Å². The minimum absolute atomic E-state index is 0.263. The van der Waals surface area contributed by atoms with E-state index in [1.165, 1.54) is 11.3 Å². The monoisotopic (exact) mass is 360 g/mol. The quantitative estimate of drug-likeness (QED) is 0.766. The number of aromatic nitrogens is 1. The van der Waals surface area contributed by atoms with Gasteiger partial charge in [-0.3, -0.25) is 4.79 Å². The van der Waals surface area contributed by atoms with Gasteiger partial charge in [-0.1, -0.05) is 34.1 Å². The predicted octanol–water partition coefficient (Wildman–Crippen LogP) is 3.91. The van der Waals surface area contributed by atoms with Crippen molar-refractivity contribution in [2.45, 2.75) is 38.3 Å². The highest BCUT2D eigenvalue weighted by atomic mass is 79.9. The van der Waals surface area contributed by atoms with E-state index in [0.29, 0.717) is 12.5 Å². The Kier molecular flexibility index (Phi) is 4.67. The van der Waals surface area contributed by atoms with E-state index in [1.807, 2.05) is 37.5 Å². The minimum atomic E-state index is 0.263. The summed E-state index contributed by atoms with van der Waals surface area (Å²) < 4.78 is 3.18. The molecular formula is C18H21BrN2O. The third-order valence-electron chi connectivity index (χ3n) is 4.26. The van der Waals surface area contributed by atoms with E-state index in [0.717, 1.165) is 30.3 Å². The molecule has 0 spiro atoms. The Morgan fingerprint density at radius 3 is 2.68 bits per heavy atom. The molecular weight excluding hydrogens is 340 g/mol. The molecule has 3 rings (SSSR count). The van der Waals surface area contributed by atoms with Crippen molar-refractivity contribution in [3.8, 4) is 0 Å².